The number of amides is 1. The summed E-state index contributed by atoms with van der Waals surface area (Å²) in [5, 5.41) is 7.03. The van der Waals surface area contributed by atoms with Gasteiger partial charge in [0.25, 0.3) is 5.91 Å². The Labute approximate surface area is 189 Å². The van der Waals surface area contributed by atoms with Crippen molar-refractivity contribution >= 4 is 11.9 Å². The molecule has 1 aromatic heterocycles. The van der Waals surface area contributed by atoms with Crippen molar-refractivity contribution in [2.75, 3.05) is 37.8 Å². The summed E-state index contributed by atoms with van der Waals surface area (Å²) < 4.78 is 16.6. The molecule has 0 saturated carbocycles. The van der Waals surface area contributed by atoms with Gasteiger partial charge in [0.1, 0.15) is 5.75 Å². The zero-order chi connectivity index (χ0) is 22.3. The van der Waals surface area contributed by atoms with Gasteiger partial charge in [-0.15, -0.1) is 0 Å². The number of carbonyl (C=O) groups excluding carboxylic acids is 1. The van der Waals surface area contributed by atoms with Crippen LogP contribution in [0.25, 0.3) is 0 Å². The van der Waals surface area contributed by atoms with Gasteiger partial charge < -0.3 is 24.2 Å². The van der Waals surface area contributed by atoms with Gasteiger partial charge in [-0.3, -0.25) is 4.79 Å². The Bertz CT molecular complexity index is 886. The monoisotopic (exact) mass is 442 g/mol. The third-order valence-corrected chi connectivity index (χ3v) is 6.39. The number of aryl methyl sites for hydroxylation is 2. The van der Waals surface area contributed by atoms with E-state index in [9.17, 15) is 4.79 Å². The van der Waals surface area contributed by atoms with Crippen molar-refractivity contribution < 1.29 is 18.8 Å². The van der Waals surface area contributed by atoms with Gasteiger partial charge in [0.05, 0.1) is 19.3 Å². The Morgan fingerprint density at radius 3 is 2.81 bits per heavy atom. The van der Waals surface area contributed by atoms with Crippen LogP contribution < -0.4 is 15.0 Å². The lowest BCUT2D eigenvalue weighted by Crippen LogP contribution is -2.35. The van der Waals surface area contributed by atoms with Crippen LogP contribution in [0.1, 0.15) is 60.8 Å². The Kier molecular flexibility index (Phi) is 7.63. The molecule has 8 nitrogen and oxygen atoms in total. The third kappa shape index (κ3) is 5.79. The van der Waals surface area contributed by atoms with E-state index in [2.05, 4.69) is 20.4 Å². The number of anilines is 1. The third-order valence-electron chi connectivity index (χ3n) is 6.39. The first kappa shape index (κ1) is 22.6. The van der Waals surface area contributed by atoms with E-state index in [1.165, 1.54) is 0 Å². The van der Waals surface area contributed by atoms with Crippen molar-refractivity contribution in [3.05, 3.63) is 35.2 Å². The molecule has 1 amide bonds. The number of hydrogen-bond donors (Lipinski definition) is 1. The largest absolute Gasteiger partial charge is 0.494 e. The number of aromatic nitrogens is 2. The second-order valence-corrected chi connectivity index (χ2v) is 8.78. The van der Waals surface area contributed by atoms with Crippen LogP contribution in [-0.4, -0.2) is 55.0 Å². The van der Waals surface area contributed by atoms with Crippen LogP contribution in [0, 0.1) is 12.8 Å². The Morgan fingerprint density at radius 1 is 1.28 bits per heavy atom. The van der Waals surface area contributed by atoms with E-state index in [1.807, 2.05) is 32.0 Å². The molecule has 3 heterocycles. The van der Waals surface area contributed by atoms with Gasteiger partial charge in [-0.2, -0.15) is 4.98 Å². The summed E-state index contributed by atoms with van der Waals surface area (Å²) in [6, 6.07) is 6.47. The fourth-order valence-corrected chi connectivity index (χ4v) is 4.38. The molecular weight excluding hydrogens is 408 g/mol. The molecule has 2 aliphatic rings. The van der Waals surface area contributed by atoms with Crippen LogP contribution >= 0.6 is 0 Å². The standard InChI is InChI=1S/C24H34N4O4/c1-3-22-26-24(32-27-22)28-11-8-18(9-12-28)5-4-13-31-20-6-7-21(17(2)15-20)23(29)25-19-10-14-30-16-19/h6-7,15,18-19H,3-5,8-14,16H2,1-2H3,(H,25,29). The normalized spacial score (nSPS) is 19.3. The van der Waals surface area contributed by atoms with E-state index in [0.717, 1.165) is 68.8 Å². The van der Waals surface area contributed by atoms with Gasteiger partial charge >= 0.3 is 6.01 Å². The number of carbonyl (C=O) groups is 1. The van der Waals surface area contributed by atoms with Crippen molar-refractivity contribution in [3.8, 4) is 5.75 Å². The summed E-state index contributed by atoms with van der Waals surface area (Å²) in [5.74, 6) is 2.26. The highest BCUT2D eigenvalue weighted by Gasteiger charge is 2.23. The molecule has 4 rings (SSSR count). The second kappa shape index (κ2) is 10.8. The molecule has 0 spiro atoms. The molecule has 0 aliphatic carbocycles. The molecule has 0 bridgehead atoms. The maximum absolute atomic E-state index is 12.5. The molecule has 2 aromatic rings. The quantitative estimate of drug-likeness (QED) is 0.594. The smallest absolute Gasteiger partial charge is 0.324 e. The summed E-state index contributed by atoms with van der Waals surface area (Å²) in [5.41, 5.74) is 1.63. The van der Waals surface area contributed by atoms with Gasteiger partial charge in [0.2, 0.25) is 0 Å². The molecule has 1 unspecified atom stereocenters. The van der Waals surface area contributed by atoms with Crippen LogP contribution in [0.3, 0.4) is 0 Å². The molecule has 8 heteroatoms. The molecule has 0 radical (unpaired) electrons. The predicted octanol–water partition coefficient (Wildman–Crippen LogP) is 3.53. The molecule has 174 valence electrons. The fourth-order valence-electron chi connectivity index (χ4n) is 4.38. The highest BCUT2D eigenvalue weighted by atomic mass is 16.5. The van der Waals surface area contributed by atoms with Gasteiger partial charge in [-0.25, -0.2) is 0 Å². The highest BCUT2D eigenvalue weighted by molar-refractivity contribution is 5.96. The average Bonchev–Trinajstić information content (AvgIpc) is 3.49. The SMILES string of the molecule is CCc1noc(N2CCC(CCCOc3ccc(C(=O)NC4CCOC4)c(C)c3)CC2)n1. The number of nitrogens with one attached hydrogen (secondary N) is 1. The predicted molar refractivity (Wildman–Crippen MR) is 121 cm³/mol. The maximum Gasteiger partial charge on any atom is 0.324 e. The van der Waals surface area contributed by atoms with Crippen LogP contribution in [0.2, 0.25) is 0 Å². The van der Waals surface area contributed by atoms with Crippen molar-refractivity contribution in [2.24, 2.45) is 5.92 Å². The number of rotatable bonds is 9. The summed E-state index contributed by atoms with van der Waals surface area (Å²) in [6.45, 7) is 7.92. The lowest BCUT2D eigenvalue weighted by atomic mass is 9.92. The molecule has 1 N–H and O–H groups in total. The molecule has 32 heavy (non-hydrogen) atoms. The van der Waals surface area contributed by atoms with Crippen molar-refractivity contribution in [1.29, 1.82) is 0 Å². The maximum atomic E-state index is 12.5. The molecule has 1 atom stereocenters. The van der Waals surface area contributed by atoms with Crippen LogP contribution in [0.5, 0.6) is 5.75 Å². The number of ether oxygens (including phenoxy) is 2. The highest BCUT2D eigenvalue weighted by Crippen LogP contribution is 2.25. The molecule has 2 saturated heterocycles. The zero-order valence-electron chi connectivity index (χ0n) is 19.1. The van der Waals surface area contributed by atoms with E-state index in [0.29, 0.717) is 37.3 Å². The Morgan fingerprint density at radius 2 is 2.12 bits per heavy atom. The summed E-state index contributed by atoms with van der Waals surface area (Å²) in [6.07, 6.45) is 6.12. The van der Waals surface area contributed by atoms with Gasteiger partial charge in [-0.05, 0) is 68.7 Å². The van der Waals surface area contributed by atoms with E-state index in [1.54, 1.807) is 0 Å². The number of nitrogens with zero attached hydrogens (tertiary/aromatic N) is 3. The lowest BCUT2D eigenvalue weighted by molar-refractivity contribution is 0.0929. The van der Waals surface area contributed by atoms with Gasteiger partial charge in [0, 0.05) is 31.7 Å². The van der Waals surface area contributed by atoms with Crippen molar-refractivity contribution in [3.63, 3.8) is 0 Å². The van der Waals surface area contributed by atoms with E-state index < -0.39 is 0 Å². The lowest BCUT2D eigenvalue weighted by Gasteiger charge is -2.30. The first-order chi connectivity index (χ1) is 15.6. The Balaban J connectivity index is 1.16. The van der Waals surface area contributed by atoms with E-state index in [-0.39, 0.29) is 11.9 Å². The van der Waals surface area contributed by atoms with Crippen LogP contribution in [0.4, 0.5) is 6.01 Å². The van der Waals surface area contributed by atoms with Gasteiger partial charge in [0.15, 0.2) is 5.82 Å². The topological polar surface area (TPSA) is 89.7 Å². The first-order valence-electron chi connectivity index (χ1n) is 11.8. The first-order valence-corrected chi connectivity index (χ1v) is 11.8. The number of piperidine rings is 1. The number of hydrogen-bond acceptors (Lipinski definition) is 7. The minimum atomic E-state index is -0.0395. The Hall–Kier alpha value is -2.61. The minimum absolute atomic E-state index is 0.0395. The van der Waals surface area contributed by atoms with E-state index in [4.69, 9.17) is 14.0 Å². The average molecular weight is 443 g/mol. The molecule has 2 aliphatic heterocycles. The van der Waals surface area contributed by atoms with Crippen molar-refractivity contribution in [2.45, 2.75) is 58.4 Å². The van der Waals surface area contributed by atoms with Crippen molar-refractivity contribution in [1.82, 2.24) is 15.5 Å². The molecule has 2 fully saturated rings. The number of benzene rings is 1. The molecular formula is C24H34N4O4. The van der Waals surface area contributed by atoms with E-state index >= 15 is 0 Å². The molecule has 1 aromatic carbocycles. The minimum Gasteiger partial charge on any atom is -0.494 e. The van der Waals surface area contributed by atoms with Crippen LogP contribution in [0.15, 0.2) is 22.7 Å². The summed E-state index contributed by atoms with van der Waals surface area (Å²) in [4.78, 5) is 19.1. The fraction of sp³-hybridized carbons (Fsp3) is 0.625. The van der Waals surface area contributed by atoms with Crippen LogP contribution in [-0.2, 0) is 11.2 Å². The zero-order valence-corrected chi connectivity index (χ0v) is 19.1. The summed E-state index contributed by atoms with van der Waals surface area (Å²) in [7, 11) is 0. The second-order valence-electron chi connectivity index (χ2n) is 8.78. The van der Waals surface area contributed by atoms with Gasteiger partial charge in [-0.1, -0.05) is 12.1 Å². The summed E-state index contributed by atoms with van der Waals surface area (Å²) >= 11 is 0.